The van der Waals surface area contributed by atoms with E-state index in [2.05, 4.69) is 17.9 Å². The number of benzene rings is 2. The number of hydrogen-bond donors (Lipinski definition) is 0. The molecule has 156 valence electrons. The van der Waals surface area contributed by atoms with Gasteiger partial charge in [0.25, 0.3) is 0 Å². The summed E-state index contributed by atoms with van der Waals surface area (Å²) >= 11 is 0. The Morgan fingerprint density at radius 1 is 1.00 bits per heavy atom. The zero-order chi connectivity index (χ0) is 21.1. The maximum Gasteiger partial charge on any atom is 0.336 e. The van der Waals surface area contributed by atoms with E-state index in [4.69, 9.17) is 9.15 Å². The third kappa shape index (κ3) is 4.39. The molecule has 1 amide bonds. The molecule has 0 atom stereocenters. The number of fused-ring (bicyclic) bond motifs is 1. The minimum atomic E-state index is -0.357. The fraction of sp³-hybridized carbons (Fsp3) is 0.333. The van der Waals surface area contributed by atoms with Gasteiger partial charge in [0.15, 0.2) is 0 Å². The maximum absolute atomic E-state index is 12.8. The summed E-state index contributed by atoms with van der Waals surface area (Å²) in [5.41, 5.74) is 3.39. The molecule has 0 bridgehead atoms. The molecule has 1 saturated heterocycles. The van der Waals surface area contributed by atoms with E-state index in [-0.39, 0.29) is 11.5 Å². The second-order valence-corrected chi connectivity index (χ2v) is 7.65. The lowest BCUT2D eigenvalue weighted by Gasteiger charge is -2.34. The third-order valence-corrected chi connectivity index (χ3v) is 5.60. The van der Waals surface area contributed by atoms with E-state index in [1.807, 2.05) is 41.3 Å². The fourth-order valence-corrected chi connectivity index (χ4v) is 3.92. The number of carbonyl (C=O) groups excluding carboxylic acids is 1. The van der Waals surface area contributed by atoms with E-state index < -0.39 is 0 Å². The number of amides is 1. The molecule has 0 unspecified atom stereocenters. The first-order valence-corrected chi connectivity index (χ1v) is 10.2. The van der Waals surface area contributed by atoms with Crippen molar-refractivity contribution in [2.45, 2.75) is 26.4 Å². The molecule has 0 radical (unpaired) electrons. The van der Waals surface area contributed by atoms with E-state index >= 15 is 0 Å². The Morgan fingerprint density at radius 2 is 1.87 bits per heavy atom. The van der Waals surface area contributed by atoms with Crippen molar-refractivity contribution in [3.8, 4) is 5.75 Å². The topological polar surface area (TPSA) is 63.0 Å². The highest BCUT2D eigenvalue weighted by molar-refractivity contribution is 5.81. The van der Waals surface area contributed by atoms with Crippen LogP contribution in [0, 0.1) is 0 Å². The number of piperazine rings is 1. The second kappa shape index (κ2) is 8.71. The lowest BCUT2D eigenvalue weighted by atomic mass is 10.0. The molecule has 1 aliphatic heterocycles. The second-order valence-electron chi connectivity index (χ2n) is 7.65. The number of nitrogens with zero attached hydrogens (tertiary/aromatic N) is 2. The van der Waals surface area contributed by atoms with Gasteiger partial charge in [-0.15, -0.1) is 0 Å². The Balaban J connectivity index is 1.47. The first-order valence-electron chi connectivity index (χ1n) is 10.2. The molecule has 30 heavy (non-hydrogen) atoms. The number of aryl methyl sites for hydroxylation is 1. The molecule has 0 N–H and O–H groups in total. The Morgan fingerprint density at radius 3 is 2.63 bits per heavy atom. The van der Waals surface area contributed by atoms with Crippen molar-refractivity contribution in [1.82, 2.24) is 9.80 Å². The number of carbonyl (C=O) groups is 1. The van der Waals surface area contributed by atoms with Crippen molar-refractivity contribution in [3.05, 3.63) is 75.6 Å². The normalized spacial score (nSPS) is 15.0. The van der Waals surface area contributed by atoms with Gasteiger partial charge in [-0.1, -0.05) is 25.1 Å². The molecule has 6 heteroatoms. The smallest absolute Gasteiger partial charge is 0.336 e. The van der Waals surface area contributed by atoms with Crippen LogP contribution in [0.15, 0.2) is 57.7 Å². The van der Waals surface area contributed by atoms with Gasteiger partial charge >= 0.3 is 5.63 Å². The number of methoxy groups -OCH3 is 1. The van der Waals surface area contributed by atoms with E-state index in [9.17, 15) is 9.59 Å². The Hall–Kier alpha value is -3.12. The lowest BCUT2D eigenvalue weighted by Crippen LogP contribution is -2.49. The molecule has 0 spiro atoms. The predicted molar refractivity (Wildman–Crippen MR) is 116 cm³/mol. The molecule has 3 aromatic rings. The van der Waals surface area contributed by atoms with Crippen molar-refractivity contribution in [2.75, 3.05) is 26.7 Å². The van der Waals surface area contributed by atoms with E-state index in [0.29, 0.717) is 31.8 Å². The van der Waals surface area contributed by atoms with Gasteiger partial charge in [0, 0.05) is 37.6 Å². The Bertz CT molecular complexity index is 1120. The molecular weight excluding hydrogens is 380 g/mol. The molecule has 4 rings (SSSR count). The minimum absolute atomic E-state index is 0.0885. The van der Waals surface area contributed by atoms with Gasteiger partial charge in [0.05, 0.1) is 13.7 Å². The molecule has 1 aromatic heterocycles. The molecule has 0 saturated carbocycles. The third-order valence-electron chi connectivity index (χ3n) is 5.60. The zero-order valence-corrected chi connectivity index (χ0v) is 17.4. The summed E-state index contributed by atoms with van der Waals surface area (Å²) in [5, 5.41) is 0.945. The van der Waals surface area contributed by atoms with Crippen LogP contribution in [0.5, 0.6) is 5.75 Å². The average Bonchev–Trinajstić information content (AvgIpc) is 2.75. The monoisotopic (exact) mass is 406 g/mol. The number of rotatable bonds is 6. The standard InChI is InChI=1S/C24H26N2O4/c1-3-17-7-8-22-21(12-17)19(13-24(28)30-22)15-25-9-10-26(23(27)16-25)14-18-5-4-6-20(11-18)29-2/h4-8,11-13H,3,9-10,14-16H2,1-2H3. The van der Waals surface area contributed by atoms with Crippen molar-refractivity contribution >= 4 is 16.9 Å². The van der Waals surface area contributed by atoms with E-state index in [1.54, 1.807) is 13.2 Å². The molecule has 2 aromatic carbocycles. The van der Waals surface area contributed by atoms with E-state index in [1.165, 1.54) is 5.56 Å². The summed E-state index contributed by atoms with van der Waals surface area (Å²) in [6.07, 6.45) is 0.913. The van der Waals surface area contributed by atoms with Gasteiger partial charge in [-0.2, -0.15) is 0 Å². The SMILES string of the molecule is CCc1ccc2oc(=O)cc(CN3CCN(Cc4cccc(OC)c4)C(=O)C3)c2c1. The van der Waals surface area contributed by atoms with Crippen molar-refractivity contribution in [1.29, 1.82) is 0 Å². The summed E-state index contributed by atoms with van der Waals surface area (Å²) < 4.78 is 10.6. The highest BCUT2D eigenvalue weighted by Crippen LogP contribution is 2.22. The lowest BCUT2D eigenvalue weighted by molar-refractivity contribution is -0.136. The fourth-order valence-electron chi connectivity index (χ4n) is 3.92. The van der Waals surface area contributed by atoms with Crippen LogP contribution >= 0.6 is 0 Å². The summed E-state index contributed by atoms with van der Waals surface area (Å²) in [7, 11) is 1.64. The molecule has 0 aliphatic carbocycles. The van der Waals surface area contributed by atoms with Crippen molar-refractivity contribution in [3.63, 3.8) is 0 Å². The van der Waals surface area contributed by atoms with Crippen LogP contribution < -0.4 is 10.4 Å². The van der Waals surface area contributed by atoms with Gasteiger partial charge in [-0.05, 0) is 47.4 Å². The van der Waals surface area contributed by atoms with Gasteiger partial charge in [-0.25, -0.2) is 4.79 Å². The molecule has 1 aliphatic rings. The highest BCUT2D eigenvalue weighted by atomic mass is 16.5. The van der Waals surface area contributed by atoms with Gasteiger partial charge in [-0.3, -0.25) is 9.69 Å². The van der Waals surface area contributed by atoms with E-state index in [0.717, 1.165) is 35.2 Å². The quantitative estimate of drug-likeness (QED) is 0.588. The summed E-state index contributed by atoms with van der Waals surface area (Å²) in [6.45, 7) is 4.95. The van der Waals surface area contributed by atoms with Gasteiger partial charge in [0.1, 0.15) is 11.3 Å². The largest absolute Gasteiger partial charge is 0.497 e. The van der Waals surface area contributed by atoms with Crippen LogP contribution in [-0.2, 0) is 24.3 Å². The van der Waals surface area contributed by atoms with Crippen LogP contribution in [0.1, 0.15) is 23.6 Å². The van der Waals surface area contributed by atoms with Crippen LogP contribution in [0.3, 0.4) is 0 Å². The summed E-state index contributed by atoms with van der Waals surface area (Å²) in [6, 6.07) is 15.3. The Kier molecular flexibility index (Phi) is 5.86. The molecule has 6 nitrogen and oxygen atoms in total. The van der Waals surface area contributed by atoms with Gasteiger partial charge in [0.2, 0.25) is 5.91 Å². The zero-order valence-electron chi connectivity index (χ0n) is 17.4. The van der Waals surface area contributed by atoms with Crippen LogP contribution in [0.25, 0.3) is 11.0 Å². The van der Waals surface area contributed by atoms with Crippen molar-refractivity contribution in [2.24, 2.45) is 0 Å². The number of ether oxygens (including phenoxy) is 1. The molecule has 2 heterocycles. The minimum Gasteiger partial charge on any atom is -0.497 e. The number of hydrogen-bond acceptors (Lipinski definition) is 5. The van der Waals surface area contributed by atoms with Crippen molar-refractivity contribution < 1.29 is 13.9 Å². The van der Waals surface area contributed by atoms with Gasteiger partial charge < -0.3 is 14.1 Å². The molecule has 1 fully saturated rings. The first-order chi connectivity index (χ1) is 14.6. The molecular formula is C24H26N2O4. The summed E-state index contributed by atoms with van der Waals surface area (Å²) in [4.78, 5) is 28.7. The van der Waals surface area contributed by atoms with Crippen LogP contribution in [-0.4, -0.2) is 42.5 Å². The predicted octanol–water partition coefficient (Wildman–Crippen LogP) is 3.21. The Labute approximate surface area is 175 Å². The maximum atomic E-state index is 12.8. The van der Waals surface area contributed by atoms with Crippen LogP contribution in [0.2, 0.25) is 0 Å². The first kappa shape index (κ1) is 20.2. The summed E-state index contributed by atoms with van der Waals surface area (Å²) in [5.74, 6) is 0.880. The van der Waals surface area contributed by atoms with Crippen LogP contribution in [0.4, 0.5) is 0 Å². The average molecular weight is 406 g/mol. The highest BCUT2D eigenvalue weighted by Gasteiger charge is 2.24.